The topological polar surface area (TPSA) is 99.2 Å². The number of ether oxygens (including phenoxy) is 3. The van der Waals surface area contributed by atoms with Crippen LogP contribution < -0.4 is 9.47 Å². The second kappa shape index (κ2) is 9.07. The number of rotatable bonds is 8. The molecule has 2 atom stereocenters. The molecule has 3 rings (SSSR count). The average molecular weight is 403 g/mol. The summed E-state index contributed by atoms with van der Waals surface area (Å²) in [6, 6.07) is 4.76. The van der Waals surface area contributed by atoms with Gasteiger partial charge in [-0.25, -0.2) is 0 Å². The molecule has 1 saturated heterocycles. The highest BCUT2D eigenvalue weighted by atomic mass is 16.5. The van der Waals surface area contributed by atoms with Crippen LogP contribution in [-0.2, 0) is 19.1 Å². The molecule has 1 aromatic rings. The maximum Gasteiger partial charge on any atom is 0.308 e. The van der Waals surface area contributed by atoms with E-state index < -0.39 is 18.4 Å². The first-order valence-electron chi connectivity index (χ1n) is 9.72. The predicted octanol–water partition coefficient (Wildman–Crippen LogP) is 1.99. The Balaban J connectivity index is 1.52. The highest BCUT2D eigenvalue weighted by Crippen LogP contribution is 2.38. The third kappa shape index (κ3) is 4.41. The van der Waals surface area contributed by atoms with Gasteiger partial charge in [-0.3, -0.25) is 24.1 Å². The minimum atomic E-state index is -0.643. The van der Waals surface area contributed by atoms with Crippen molar-refractivity contribution in [2.75, 3.05) is 27.4 Å². The summed E-state index contributed by atoms with van der Waals surface area (Å²) in [5.74, 6) is -1.11. The summed E-state index contributed by atoms with van der Waals surface area (Å²) in [6.45, 7) is -0.477. The SMILES string of the molecule is COc1ccc(OC)c(C(=O)COC(=O)CCN2C(=O)[C@@H]3CCCC[C@H]3C2=O)c1. The van der Waals surface area contributed by atoms with E-state index in [0.29, 0.717) is 11.5 Å². The first kappa shape index (κ1) is 20.8. The van der Waals surface area contributed by atoms with Crippen LogP contribution in [0.15, 0.2) is 18.2 Å². The summed E-state index contributed by atoms with van der Waals surface area (Å²) >= 11 is 0. The molecule has 1 aromatic carbocycles. The number of hydrogen-bond donors (Lipinski definition) is 0. The number of esters is 1. The summed E-state index contributed by atoms with van der Waals surface area (Å²) in [5, 5.41) is 0. The molecule has 8 nitrogen and oxygen atoms in total. The lowest BCUT2D eigenvalue weighted by Crippen LogP contribution is -2.33. The van der Waals surface area contributed by atoms with Gasteiger partial charge in [-0.2, -0.15) is 0 Å². The van der Waals surface area contributed by atoms with Crippen LogP contribution in [0.5, 0.6) is 11.5 Å². The van der Waals surface area contributed by atoms with Crippen LogP contribution in [-0.4, -0.2) is 55.8 Å². The number of likely N-dealkylation sites (tertiary alicyclic amines) is 1. The normalized spacial score (nSPS) is 21.0. The highest BCUT2D eigenvalue weighted by Gasteiger charge is 2.47. The van der Waals surface area contributed by atoms with E-state index in [1.807, 2.05) is 0 Å². The van der Waals surface area contributed by atoms with Crippen molar-refractivity contribution in [1.82, 2.24) is 4.90 Å². The summed E-state index contributed by atoms with van der Waals surface area (Å²) < 4.78 is 15.3. The number of hydrogen-bond acceptors (Lipinski definition) is 7. The van der Waals surface area contributed by atoms with Gasteiger partial charge in [0.2, 0.25) is 17.6 Å². The molecule has 2 amide bonds. The molecule has 0 aromatic heterocycles. The quantitative estimate of drug-likeness (QED) is 0.372. The Bertz CT molecular complexity index is 795. The maximum atomic E-state index is 12.4. The van der Waals surface area contributed by atoms with Gasteiger partial charge in [0, 0.05) is 6.54 Å². The van der Waals surface area contributed by atoms with Crippen molar-refractivity contribution in [3.8, 4) is 11.5 Å². The van der Waals surface area contributed by atoms with Crippen LogP contribution >= 0.6 is 0 Å². The van der Waals surface area contributed by atoms with Crippen LogP contribution in [0.2, 0.25) is 0 Å². The van der Waals surface area contributed by atoms with Crippen molar-refractivity contribution in [1.29, 1.82) is 0 Å². The molecule has 29 heavy (non-hydrogen) atoms. The Hall–Kier alpha value is -2.90. The van der Waals surface area contributed by atoms with Crippen molar-refractivity contribution in [3.05, 3.63) is 23.8 Å². The number of benzene rings is 1. The lowest BCUT2D eigenvalue weighted by Gasteiger charge is -2.19. The number of methoxy groups -OCH3 is 2. The lowest BCUT2D eigenvalue weighted by atomic mass is 9.81. The van der Waals surface area contributed by atoms with Crippen LogP contribution in [0.4, 0.5) is 0 Å². The molecular formula is C21H25NO7. The van der Waals surface area contributed by atoms with Gasteiger partial charge in [0.15, 0.2) is 6.61 Å². The molecule has 2 fully saturated rings. The van der Waals surface area contributed by atoms with Crippen LogP contribution in [0.1, 0.15) is 42.5 Å². The van der Waals surface area contributed by atoms with Gasteiger partial charge >= 0.3 is 5.97 Å². The fraction of sp³-hybridized carbons (Fsp3) is 0.524. The monoisotopic (exact) mass is 403 g/mol. The van der Waals surface area contributed by atoms with Crippen LogP contribution in [0.3, 0.4) is 0 Å². The van der Waals surface area contributed by atoms with Crippen LogP contribution in [0.25, 0.3) is 0 Å². The van der Waals surface area contributed by atoms with Crippen molar-refractivity contribution in [3.63, 3.8) is 0 Å². The Kier molecular flexibility index (Phi) is 6.51. The molecule has 156 valence electrons. The average Bonchev–Trinajstić information content (AvgIpc) is 3.00. The van der Waals surface area contributed by atoms with E-state index >= 15 is 0 Å². The zero-order valence-corrected chi connectivity index (χ0v) is 16.6. The molecular weight excluding hydrogens is 378 g/mol. The Labute approximate surface area is 169 Å². The fourth-order valence-electron chi connectivity index (χ4n) is 3.98. The summed E-state index contributed by atoms with van der Waals surface area (Å²) in [7, 11) is 2.92. The van der Waals surface area contributed by atoms with E-state index in [1.54, 1.807) is 12.1 Å². The van der Waals surface area contributed by atoms with Gasteiger partial charge in [0.05, 0.1) is 38.0 Å². The highest BCUT2D eigenvalue weighted by molar-refractivity contribution is 6.05. The molecule has 0 bridgehead atoms. The molecule has 0 radical (unpaired) electrons. The first-order chi connectivity index (χ1) is 14.0. The third-order valence-electron chi connectivity index (χ3n) is 5.54. The number of Topliss-reactive ketones (excluding diaryl/α,β-unsaturated/α-hetero) is 1. The Morgan fingerprint density at radius 2 is 1.69 bits per heavy atom. The number of ketones is 1. The standard InChI is InChI=1S/C21H25NO7/c1-27-13-7-8-18(28-2)16(11-13)17(23)12-29-19(24)9-10-22-20(25)14-5-3-4-6-15(14)21(22)26/h7-8,11,14-15H,3-6,9-10,12H2,1-2H3/t14-,15-/m1/s1. The minimum absolute atomic E-state index is 0.0137. The smallest absolute Gasteiger partial charge is 0.308 e. The number of nitrogens with zero attached hydrogens (tertiary/aromatic N) is 1. The van der Waals surface area contributed by atoms with Crippen molar-refractivity contribution in [2.45, 2.75) is 32.1 Å². The Morgan fingerprint density at radius 1 is 1.03 bits per heavy atom. The second-order valence-corrected chi connectivity index (χ2v) is 7.23. The number of fused-ring (bicyclic) bond motifs is 1. The Morgan fingerprint density at radius 3 is 2.28 bits per heavy atom. The van der Waals surface area contributed by atoms with E-state index in [1.165, 1.54) is 25.2 Å². The zero-order valence-electron chi connectivity index (χ0n) is 16.6. The maximum absolute atomic E-state index is 12.4. The lowest BCUT2D eigenvalue weighted by molar-refractivity contribution is -0.145. The van der Waals surface area contributed by atoms with Gasteiger partial charge in [-0.1, -0.05) is 12.8 Å². The van der Waals surface area contributed by atoms with Gasteiger partial charge in [0.1, 0.15) is 11.5 Å². The first-order valence-corrected chi connectivity index (χ1v) is 9.72. The molecule has 1 saturated carbocycles. The van der Waals surface area contributed by atoms with Crippen LogP contribution in [0, 0.1) is 11.8 Å². The molecule has 1 aliphatic heterocycles. The molecule has 1 heterocycles. The fourth-order valence-corrected chi connectivity index (χ4v) is 3.98. The minimum Gasteiger partial charge on any atom is -0.497 e. The van der Waals surface area contributed by atoms with Gasteiger partial charge in [-0.05, 0) is 31.0 Å². The number of carbonyl (C=O) groups is 4. The van der Waals surface area contributed by atoms with E-state index in [0.717, 1.165) is 25.7 Å². The van der Waals surface area contributed by atoms with Crippen molar-refractivity contribution < 1.29 is 33.4 Å². The number of imide groups is 1. The molecule has 1 aliphatic carbocycles. The second-order valence-electron chi connectivity index (χ2n) is 7.23. The molecule has 0 spiro atoms. The molecule has 0 unspecified atom stereocenters. The van der Waals surface area contributed by atoms with Crippen molar-refractivity contribution in [2.24, 2.45) is 11.8 Å². The van der Waals surface area contributed by atoms with Gasteiger partial charge in [-0.15, -0.1) is 0 Å². The zero-order chi connectivity index (χ0) is 21.0. The molecule has 2 aliphatic rings. The van der Waals surface area contributed by atoms with E-state index in [2.05, 4.69) is 0 Å². The van der Waals surface area contributed by atoms with E-state index in [9.17, 15) is 19.2 Å². The van der Waals surface area contributed by atoms with Crippen molar-refractivity contribution >= 4 is 23.6 Å². The van der Waals surface area contributed by atoms with Gasteiger partial charge < -0.3 is 14.2 Å². The summed E-state index contributed by atoms with van der Waals surface area (Å²) in [5.41, 5.74) is 0.244. The number of amides is 2. The molecule has 0 N–H and O–H groups in total. The third-order valence-corrected chi connectivity index (χ3v) is 5.54. The predicted molar refractivity (Wildman–Crippen MR) is 102 cm³/mol. The number of carbonyl (C=O) groups excluding carboxylic acids is 4. The van der Waals surface area contributed by atoms with Gasteiger partial charge in [0.25, 0.3) is 0 Å². The summed E-state index contributed by atoms with van der Waals surface area (Å²) in [6.07, 6.45) is 3.22. The van der Waals surface area contributed by atoms with E-state index in [-0.39, 0.29) is 42.2 Å². The largest absolute Gasteiger partial charge is 0.497 e. The van der Waals surface area contributed by atoms with E-state index in [4.69, 9.17) is 14.2 Å². The molecule has 8 heteroatoms. The summed E-state index contributed by atoms with van der Waals surface area (Å²) in [4.78, 5) is 50.5.